The zero-order chi connectivity index (χ0) is 13.1. The number of aromatic nitrogens is 4. The van der Waals surface area contributed by atoms with Crippen molar-refractivity contribution in [1.29, 1.82) is 0 Å². The molecule has 2 aromatic rings. The van der Waals surface area contributed by atoms with Crippen LogP contribution in [0.3, 0.4) is 0 Å². The SMILES string of the molecule is CCC(=O)C(C)c1nc(-c2ncc(C)cn2)no1. The molecule has 1 atom stereocenters. The van der Waals surface area contributed by atoms with Crippen LogP contribution in [-0.2, 0) is 4.79 Å². The Hall–Kier alpha value is -2.11. The van der Waals surface area contributed by atoms with Crippen molar-refractivity contribution in [3.8, 4) is 11.6 Å². The first-order valence-electron chi connectivity index (χ1n) is 5.77. The van der Waals surface area contributed by atoms with Gasteiger partial charge in [0.25, 0.3) is 0 Å². The van der Waals surface area contributed by atoms with E-state index in [2.05, 4.69) is 20.1 Å². The molecule has 2 rings (SSSR count). The molecule has 2 heterocycles. The van der Waals surface area contributed by atoms with Gasteiger partial charge in [0, 0.05) is 18.8 Å². The molecule has 0 saturated carbocycles. The van der Waals surface area contributed by atoms with Gasteiger partial charge in [0.2, 0.25) is 17.5 Å². The lowest BCUT2D eigenvalue weighted by Crippen LogP contribution is -2.07. The summed E-state index contributed by atoms with van der Waals surface area (Å²) in [4.78, 5) is 23.9. The lowest BCUT2D eigenvalue weighted by atomic mass is 10.1. The molecule has 0 spiro atoms. The summed E-state index contributed by atoms with van der Waals surface area (Å²) in [5.74, 6) is 0.685. The molecule has 2 aromatic heterocycles. The Kier molecular flexibility index (Phi) is 3.45. The molecule has 0 fully saturated rings. The summed E-state index contributed by atoms with van der Waals surface area (Å²) in [6.45, 7) is 5.45. The average Bonchev–Trinajstić information content (AvgIpc) is 2.87. The van der Waals surface area contributed by atoms with Crippen molar-refractivity contribution in [2.75, 3.05) is 0 Å². The molecule has 0 bridgehead atoms. The summed E-state index contributed by atoms with van der Waals surface area (Å²) in [5.41, 5.74) is 0.956. The first-order valence-corrected chi connectivity index (χ1v) is 5.77. The molecule has 0 aliphatic carbocycles. The van der Waals surface area contributed by atoms with Crippen molar-refractivity contribution in [2.24, 2.45) is 0 Å². The number of hydrogen-bond acceptors (Lipinski definition) is 6. The normalized spacial score (nSPS) is 12.4. The van der Waals surface area contributed by atoms with E-state index in [9.17, 15) is 4.79 Å². The average molecular weight is 246 g/mol. The van der Waals surface area contributed by atoms with Gasteiger partial charge in [-0.3, -0.25) is 4.79 Å². The van der Waals surface area contributed by atoms with E-state index in [1.54, 1.807) is 26.2 Å². The molecule has 18 heavy (non-hydrogen) atoms. The minimum atomic E-state index is -0.387. The molecule has 0 amide bonds. The van der Waals surface area contributed by atoms with Gasteiger partial charge < -0.3 is 4.52 Å². The standard InChI is InChI=1S/C12H14N4O2/c1-4-9(17)8(3)12-15-11(16-18-12)10-13-5-7(2)6-14-10/h5-6,8H,4H2,1-3H3. The number of carbonyl (C=O) groups is 1. The Morgan fingerprint density at radius 1 is 1.33 bits per heavy atom. The highest BCUT2D eigenvalue weighted by molar-refractivity contribution is 5.84. The summed E-state index contributed by atoms with van der Waals surface area (Å²) < 4.78 is 5.07. The number of Topliss-reactive ketones (excluding diaryl/α,β-unsaturated/α-hetero) is 1. The summed E-state index contributed by atoms with van der Waals surface area (Å²) >= 11 is 0. The summed E-state index contributed by atoms with van der Waals surface area (Å²) in [7, 11) is 0. The van der Waals surface area contributed by atoms with E-state index >= 15 is 0 Å². The van der Waals surface area contributed by atoms with Gasteiger partial charge in [-0.2, -0.15) is 4.98 Å². The lowest BCUT2D eigenvalue weighted by molar-refractivity contribution is -0.120. The zero-order valence-electron chi connectivity index (χ0n) is 10.5. The minimum Gasteiger partial charge on any atom is -0.338 e. The second-order valence-electron chi connectivity index (χ2n) is 4.08. The first-order chi connectivity index (χ1) is 8.61. The van der Waals surface area contributed by atoms with Crippen LogP contribution < -0.4 is 0 Å². The van der Waals surface area contributed by atoms with Crippen molar-refractivity contribution in [3.05, 3.63) is 23.8 Å². The molecular formula is C12H14N4O2. The van der Waals surface area contributed by atoms with Crippen LogP contribution in [0.15, 0.2) is 16.9 Å². The van der Waals surface area contributed by atoms with Gasteiger partial charge in [0.05, 0.1) is 5.92 Å². The van der Waals surface area contributed by atoms with Crippen molar-refractivity contribution in [3.63, 3.8) is 0 Å². The number of aryl methyl sites for hydroxylation is 1. The predicted molar refractivity (Wildman–Crippen MR) is 63.8 cm³/mol. The van der Waals surface area contributed by atoms with Crippen LogP contribution in [0.2, 0.25) is 0 Å². The topological polar surface area (TPSA) is 81.8 Å². The molecule has 0 saturated heterocycles. The van der Waals surface area contributed by atoms with Crippen molar-refractivity contribution in [2.45, 2.75) is 33.1 Å². The molecule has 6 heteroatoms. The fraction of sp³-hybridized carbons (Fsp3) is 0.417. The molecule has 0 radical (unpaired) electrons. The Balaban J connectivity index is 2.25. The maximum absolute atomic E-state index is 11.5. The quantitative estimate of drug-likeness (QED) is 0.819. The van der Waals surface area contributed by atoms with E-state index in [-0.39, 0.29) is 11.7 Å². The molecule has 0 N–H and O–H groups in total. The number of ketones is 1. The maximum Gasteiger partial charge on any atom is 0.240 e. The molecule has 0 aromatic carbocycles. The number of carbonyl (C=O) groups excluding carboxylic acids is 1. The second-order valence-corrected chi connectivity index (χ2v) is 4.08. The van der Waals surface area contributed by atoms with Gasteiger partial charge in [0.15, 0.2) is 0 Å². The lowest BCUT2D eigenvalue weighted by Gasteiger charge is -2.01. The van der Waals surface area contributed by atoms with E-state index in [0.717, 1.165) is 5.56 Å². The smallest absolute Gasteiger partial charge is 0.240 e. The van der Waals surface area contributed by atoms with Crippen LogP contribution in [-0.4, -0.2) is 25.9 Å². The van der Waals surface area contributed by atoms with Gasteiger partial charge in [-0.05, 0) is 19.4 Å². The van der Waals surface area contributed by atoms with Crippen LogP contribution in [0, 0.1) is 6.92 Å². The van der Waals surface area contributed by atoms with E-state index in [0.29, 0.717) is 24.0 Å². The molecular weight excluding hydrogens is 232 g/mol. The van der Waals surface area contributed by atoms with Crippen LogP contribution in [0.25, 0.3) is 11.6 Å². The third kappa shape index (κ3) is 2.42. The predicted octanol–water partition coefficient (Wildman–Crippen LogP) is 1.92. The van der Waals surface area contributed by atoms with Crippen molar-refractivity contribution < 1.29 is 9.32 Å². The van der Waals surface area contributed by atoms with E-state index in [1.807, 2.05) is 6.92 Å². The largest absolute Gasteiger partial charge is 0.338 e. The van der Waals surface area contributed by atoms with Gasteiger partial charge in [-0.1, -0.05) is 12.1 Å². The number of nitrogens with zero attached hydrogens (tertiary/aromatic N) is 4. The van der Waals surface area contributed by atoms with Gasteiger partial charge >= 0.3 is 0 Å². The fourth-order valence-electron chi connectivity index (χ4n) is 1.45. The molecule has 0 aliphatic heterocycles. The minimum absolute atomic E-state index is 0.0648. The Morgan fingerprint density at radius 2 is 2.00 bits per heavy atom. The molecule has 0 aliphatic rings. The van der Waals surface area contributed by atoms with Crippen LogP contribution in [0.1, 0.15) is 37.6 Å². The van der Waals surface area contributed by atoms with Gasteiger partial charge in [-0.15, -0.1) is 0 Å². The second kappa shape index (κ2) is 5.03. The summed E-state index contributed by atoms with van der Waals surface area (Å²) in [5, 5.41) is 3.79. The van der Waals surface area contributed by atoms with Crippen LogP contribution in [0.5, 0.6) is 0 Å². The first kappa shape index (κ1) is 12.3. The van der Waals surface area contributed by atoms with Crippen molar-refractivity contribution in [1.82, 2.24) is 20.1 Å². The fourth-order valence-corrected chi connectivity index (χ4v) is 1.45. The summed E-state index contributed by atoms with van der Waals surface area (Å²) in [6.07, 6.45) is 3.80. The van der Waals surface area contributed by atoms with Gasteiger partial charge in [0.1, 0.15) is 5.78 Å². The molecule has 6 nitrogen and oxygen atoms in total. The highest BCUT2D eigenvalue weighted by Gasteiger charge is 2.21. The van der Waals surface area contributed by atoms with Crippen LogP contribution in [0.4, 0.5) is 0 Å². The summed E-state index contributed by atoms with van der Waals surface area (Å²) in [6, 6.07) is 0. The Bertz CT molecular complexity index is 547. The monoisotopic (exact) mass is 246 g/mol. The van der Waals surface area contributed by atoms with E-state index in [1.165, 1.54) is 0 Å². The number of rotatable bonds is 4. The maximum atomic E-state index is 11.5. The Labute approximate surface area is 104 Å². The zero-order valence-corrected chi connectivity index (χ0v) is 10.5. The van der Waals surface area contributed by atoms with Gasteiger partial charge in [-0.25, -0.2) is 9.97 Å². The third-order valence-corrected chi connectivity index (χ3v) is 2.62. The third-order valence-electron chi connectivity index (χ3n) is 2.62. The van der Waals surface area contributed by atoms with Crippen molar-refractivity contribution >= 4 is 5.78 Å². The molecule has 94 valence electrons. The highest BCUT2D eigenvalue weighted by Crippen LogP contribution is 2.18. The van der Waals surface area contributed by atoms with Crippen LogP contribution >= 0.6 is 0 Å². The molecule has 1 unspecified atom stereocenters. The number of hydrogen-bond donors (Lipinski definition) is 0. The van der Waals surface area contributed by atoms with E-state index < -0.39 is 0 Å². The Morgan fingerprint density at radius 3 is 2.61 bits per heavy atom. The van der Waals surface area contributed by atoms with E-state index in [4.69, 9.17) is 4.52 Å². The highest BCUT2D eigenvalue weighted by atomic mass is 16.5.